The summed E-state index contributed by atoms with van der Waals surface area (Å²) in [5.74, 6) is 1.79. The van der Waals surface area contributed by atoms with Gasteiger partial charge in [0.25, 0.3) is 0 Å². The van der Waals surface area contributed by atoms with Crippen LogP contribution in [0, 0.1) is 22.7 Å². The molecule has 8 heteroatoms. The van der Waals surface area contributed by atoms with Crippen LogP contribution in [0.2, 0.25) is 0 Å². The van der Waals surface area contributed by atoms with Gasteiger partial charge in [-0.25, -0.2) is 4.98 Å². The predicted molar refractivity (Wildman–Crippen MR) is 133 cm³/mol. The number of methoxy groups -OCH3 is 1. The van der Waals surface area contributed by atoms with E-state index < -0.39 is 0 Å². The van der Waals surface area contributed by atoms with Crippen LogP contribution in [0.15, 0.2) is 63.5 Å². The number of nitrogens with zero attached hydrogens (tertiary/aromatic N) is 3. The van der Waals surface area contributed by atoms with E-state index in [2.05, 4.69) is 54.0 Å². The smallest absolute Gasteiger partial charge is 0.149 e. The zero-order chi connectivity index (χ0) is 23.4. The minimum absolute atomic E-state index is 0.252. The normalized spacial score (nSPS) is 11.1. The van der Waals surface area contributed by atoms with Gasteiger partial charge < -0.3 is 14.5 Å². The monoisotopic (exact) mass is 562 g/mol. The molecule has 1 N–H and O–H groups in total. The molecule has 1 aromatic heterocycles. The number of rotatable bonds is 6. The van der Waals surface area contributed by atoms with E-state index in [4.69, 9.17) is 9.47 Å². The number of nitrogens with one attached hydrogen (secondary N) is 1. The molecular formula is C25H16Br2N4O2. The third kappa shape index (κ3) is 4.93. The molecule has 0 bridgehead atoms. The summed E-state index contributed by atoms with van der Waals surface area (Å²) in [5.41, 5.74) is 4.08. The second-order valence-corrected chi connectivity index (χ2v) is 8.72. The number of fused-ring (bicyclic) bond motifs is 1. The van der Waals surface area contributed by atoms with Crippen LogP contribution >= 0.6 is 31.9 Å². The summed E-state index contributed by atoms with van der Waals surface area (Å²) in [5, 5.41) is 19.0. The number of hydrogen-bond acceptors (Lipinski definition) is 5. The van der Waals surface area contributed by atoms with Gasteiger partial charge >= 0.3 is 0 Å². The van der Waals surface area contributed by atoms with Gasteiger partial charge in [0.2, 0.25) is 0 Å². The largest absolute Gasteiger partial charge is 0.497 e. The Kier molecular flexibility index (Phi) is 6.79. The quantitative estimate of drug-likeness (QED) is 0.266. The number of ether oxygens (including phenoxy) is 2. The highest BCUT2D eigenvalue weighted by molar-refractivity contribution is 9.11. The molecule has 0 saturated heterocycles. The topological polar surface area (TPSA) is 94.7 Å². The van der Waals surface area contributed by atoms with E-state index in [0.717, 1.165) is 22.2 Å². The van der Waals surface area contributed by atoms with Crippen molar-refractivity contribution in [2.24, 2.45) is 0 Å². The molecule has 0 aliphatic carbocycles. The maximum absolute atomic E-state index is 9.74. The number of aromatic amines is 1. The molecule has 33 heavy (non-hydrogen) atoms. The molecule has 0 unspecified atom stereocenters. The van der Waals surface area contributed by atoms with E-state index >= 15 is 0 Å². The fraction of sp³-hybridized carbons (Fsp3) is 0.0800. The fourth-order valence-electron chi connectivity index (χ4n) is 3.27. The van der Waals surface area contributed by atoms with Crippen LogP contribution in [-0.2, 0) is 6.61 Å². The van der Waals surface area contributed by atoms with Crippen molar-refractivity contribution in [3.63, 3.8) is 0 Å². The predicted octanol–water partition coefficient (Wildman–Crippen LogP) is 6.61. The van der Waals surface area contributed by atoms with Gasteiger partial charge in [-0.15, -0.1) is 0 Å². The highest BCUT2D eigenvalue weighted by Gasteiger charge is 2.13. The van der Waals surface area contributed by atoms with Crippen LogP contribution < -0.4 is 9.47 Å². The van der Waals surface area contributed by atoms with Gasteiger partial charge in [-0.3, -0.25) is 0 Å². The minimum atomic E-state index is 0.252. The summed E-state index contributed by atoms with van der Waals surface area (Å²) in [6.07, 6.45) is 1.75. The third-order valence-corrected chi connectivity index (χ3v) is 6.08. The SMILES string of the molecule is COc1ccc2nc(/C(C#N)=C\c3cc(Br)c(OCc4ccccc4C#N)c(Br)c3)[nH]c2c1. The average molecular weight is 564 g/mol. The van der Waals surface area contributed by atoms with Crippen LogP contribution in [0.25, 0.3) is 22.7 Å². The van der Waals surface area contributed by atoms with E-state index in [9.17, 15) is 10.5 Å². The van der Waals surface area contributed by atoms with Crippen molar-refractivity contribution in [1.29, 1.82) is 10.5 Å². The summed E-state index contributed by atoms with van der Waals surface area (Å²) in [7, 11) is 1.60. The third-order valence-electron chi connectivity index (χ3n) is 4.91. The van der Waals surface area contributed by atoms with E-state index in [1.807, 2.05) is 48.5 Å². The van der Waals surface area contributed by atoms with Gasteiger partial charge in [-0.1, -0.05) is 18.2 Å². The first-order valence-electron chi connectivity index (χ1n) is 9.78. The summed E-state index contributed by atoms with van der Waals surface area (Å²) in [6, 6.07) is 20.9. The molecule has 0 atom stereocenters. The zero-order valence-corrected chi connectivity index (χ0v) is 20.6. The van der Waals surface area contributed by atoms with Gasteiger partial charge in [0.05, 0.1) is 44.3 Å². The molecule has 162 valence electrons. The Morgan fingerprint density at radius 3 is 2.55 bits per heavy atom. The Balaban J connectivity index is 1.61. The summed E-state index contributed by atoms with van der Waals surface area (Å²) >= 11 is 7.10. The molecule has 4 aromatic rings. The lowest BCUT2D eigenvalue weighted by molar-refractivity contribution is 0.302. The van der Waals surface area contributed by atoms with Gasteiger partial charge in [0.1, 0.15) is 30.0 Å². The zero-order valence-electron chi connectivity index (χ0n) is 17.4. The van der Waals surface area contributed by atoms with E-state index in [0.29, 0.717) is 37.4 Å². The van der Waals surface area contributed by atoms with Gasteiger partial charge in [0.15, 0.2) is 0 Å². The van der Waals surface area contributed by atoms with Crippen LogP contribution in [0.1, 0.15) is 22.5 Å². The number of halogens is 2. The summed E-state index contributed by atoms with van der Waals surface area (Å²) in [6.45, 7) is 0.252. The molecule has 0 saturated carbocycles. The number of aromatic nitrogens is 2. The maximum Gasteiger partial charge on any atom is 0.149 e. The second-order valence-electron chi connectivity index (χ2n) is 7.01. The molecule has 0 fully saturated rings. The molecule has 0 spiro atoms. The molecule has 3 aromatic carbocycles. The Labute approximate surface area is 207 Å². The lowest BCUT2D eigenvalue weighted by atomic mass is 10.1. The number of hydrogen-bond donors (Lipinski definition) is 1. The van der Waals surface area contributed by atoms with Gasteiger partial charge in [0, 0.05) is 11.6 Å². The number of imidazole rings is 1. The number of allylic oxidation sites excluding steroid dienone is 1. The molecule has 4 rings (SSSR count). The van der Waals surface area contributed by atoms with Gasteiger partial charge in [-0.2, -0.15) is 10.5 Å². The molecular weight excluding hydrogens is 548 g/mol. The standard InChI is InChI=1S/C25H16Br2N4O2/c1-32-19-6-7-22-23(11-19)31-25(30-22)18(13-29)8-15-9-20(26)24(21(27)10-15)33-14-17-5-3-2-4-16(17)12-28/h2-11H,14H2,1H3,(H,30,31)/b18-8-. The Bertz CT molecular complexity index is 1440. The lowest BCUT2D eigenvalue weighted by Gasteiger charge is -2.12. The van der Waals surface area contributed by atoms with Crippen LogP contribution in [0.4, 0.5) is 0 Å². The van der Waals surface area contributed by atoms with Crippen molar-refractivity contribution < 1.29 is 9.47 Å². The van der Waals surface area contributed by atoms with E-state index in [1.54, 1.807) is 19.3 Å². The summed E-state index contributed by atoms with van der Waals surface area (Å²) in [4.78, 5) is 7.70. The minimum Gasteiger partial charge on any atom is -0.497 e. The van der Waals surface area contributed by atoms with Crippen molar-refractivity contribution in [3.8, 4) is 23.6 Å². The first kappa shape index (κ1) is 22.6. The summed E-state index contributed by atoms with van der Waals surface area (Å²) < 4.78 is 12.6. The van der Waals surface area contributed by atoms with E-state index in [-0.39, 0.29) is 6.61 Å². The van der Waals surface area contributed by atoms with Gasteiger partial charge in [-0.05, 0) is 73.8 Å². The number of benzene rings is 3. The first-order valence-corrected chi connectivity index (χ1v) is 11.4. The fourth-order valence-corrected chi connectivity index (χ4v) is 4.72. The number of H-pyrrole nitrogens is 1. The van der Waals surface area contributed by atoms with E-state index in [1.165, 1.54) is 0 Å². The van der Waals surface area contributed by atoms with Crippen LogP contribution in [0.3, 0.4) is 0 Å². The molecule has 0 amide bonds. The van der Waals surface area contributed by atoms with Crippen LogP contribution in [-0.4, -0.2) is 17.1 Å². The Morgan fingerprint density at radius 1 is 1.09 bits per heavy atom. The Morgan fingerprint density at radius 2 is 1.85 bits per heavy atom. The maximum atomic E-state index is 9.74. The van der Waals surface area contributed by atoms with Crippen molar-refractivity contribution in [1.82, 2.24) is 9.97 Å². The highest BCUT2D eigenvalue weighted by atomic mass is 79.9. The highest BCUT2D eigenvalue weighted by Crippen LogP contribution is 2.36. The molecule has 0 aliphatic rings. The lowest BCUT2D eigenvalue weighted by Crippen LogP contribution is -1.99. The molecule has 1 heterocycles. The number of nitriles is 2. The van der Waals surface area contributed by atoms with Crippen molar-refractivity contribution >= 4 is 54.5 Å². The first-order chi connectivity index (χ1) is 16.0. The second kappa shape index (κ2) is 9.91. The van der Waals surface area contributed by atoms with Crippen LogP contribution in [0.5, 0.6) is 11.5 Å². The molecule has 6 nitrogen and oxygen atoms in total. The average Bonchev–Trinajstić information content (AvgIpc) is 3.25. The Hall–Kier alpha value is -3.59. The van der Waals surface area contributed by atoms with Crippen molar-refractivity contribution in [2.45, 2.75) is 6.61 Å². The van der Waals surface area contributed by atoms with Crippen molar-refractivity contribution in [3.05, 3.63) is 86.1 Å². The molecule has 0 aliphatic heterocycles. The van der Waals surface area contributed by atoms with Crippen molar-refractivity contribution in [2.75, 3.05) is 7.11 Å². The molecule has 0 radical (unpaired) electrons.